The number of hydrogen-bond acceptors (Lipinski definition) is 2. The Morgan fingerprint density at radius 3 is 2.53 bits per heavy atom. The molecular weight excluding hydrogens is 264 g/mol. The number of hydrogen-bond donors (Lipinski definition) is 2. The molecule has 19 heavy (non-hydrogen) atoms. The van der Waals surface area contributed by atoms with Crippen molar-refractivity contribution in [3.63, 3.8) is 0 Å². The van der Waals surface area contributed by atoms with Crippen molar-refractivity contribution in [1.82, 2.24) is 5.32 Å². The summed E-state index contributed by atoms with van der Waals surface area (Å²) in [6.07, 6.45) is 0.420. The van der Waals surface area contributed by atoms with E-state index in [-0.39, 0.29) is 24.3 Å². The van der Waals surface area contributed by atoms with Gasteiger partial charge in [0.05, 0.1) is 6.54 Å². The van der Waals surface area contributed by atoms with Crippen molar-refractivity contribution in [2.45, 2.75) is 27.2 Å². The van der Waals surface area contributed by atoms with E-state index < -0.39 is 0 Å². The van der Waals surface area contributed by atoms with Crippen LogP contribution in [0.2, 0.25) is 5.02 Å². The topological polar surface area (TPSA) is 58.2 Å². The maximum Gasteiger partial charge on any atom is 0.243 e. The highest BCUT2D eigenvalue weighted by Crippen LogP contribution is 2.19. The largest absolute Gasteiger partial charge is 0.347 e. The molecule has 0 atom stereocenters. The van der Waals surface area contributed by atoms with Crippen LogP contribution in [-0.4, -0.2) is 18.4 Å². The van der Waals surface area contributed by atoms with Gasteiger partial charge >= 0.3 is 0 Å². The number of nitrogens with one attached hydrogen (secondary N) is 2. The van der Waals surface area contributed by atoms with Crippen molar-refractivity contribution in [2.24, 2.45) is 5.92 Å². The molecule has 4 nitrogen and oxygen atoms in total. The molecule has 0 aliphatic rings. The number of aryl methyl sites for hydroxylation is 1. The third kappa shape index (κ3) is 5.75. The van der Waals surface area contributed by atoms with E-state index in [0.717, 1.165) is 5.56 Å². The SMILES string of the molecule is Cc1ccc(NC(=O)CNC(=O)CC(C)C)cc1Cl. The van der Waals surface area contributed by atoms with Gasteiger partial charge in [-0.3, -0.25) is 9.59 Å². The third-order valence-electron chi connectivity index (χ3n) is 2.50. The van der Waals surface area contributed by atoms with E-state index in [4.69, 9.17) is 11.6 Å². The zero-order valence-electron chi connectivity index (χ0n) is 11.4. The van der Waals surface area contributed by atoms with Crippen LogP contribution in [0, 0.1) is 12.8 Å². The Hall–Kier alpha value is -1.55. The number of carbonyl (C=O) groups excluding carboxylic acids is 2. The number of benzene rings is 1. The van der Waals surface area contributed by atoms with Crippen molar-refractivity contribution in [3.05, 3.63) is 28.8 Å². The van der Waals surface area contributed by atoms with E-state index in [2.05, 4.69) is 10.6 Å². The van der Waals surface area contributed by atoms with Crippen LogP contribution >= 0.6 is 11.6 Å². The fourth-order valence-electron chi connectivity index (χ4n) is 1.50. The van der Waals surface area contributed by atoms with Crippen molar-refractivity contribution >= 4 is 29.1 Å². The van der Waals surface area contributed by atoms with Gasteiger partial charge in [-0.2, -0.15) is 0 Å². The molecular formula is C14H19ClN2O2. The molecule has 0 aromatic heterocycles. The summed E-state index contributed by atoms with van der Waals surface area (Å²) >= 11 is 5.96. The van der Waals surface area contributed by atoms with Gasteiger partial charge in [-0.05, 0) is 30.5 Å². The van der Waals surface area contributed by atoms with E-state index in [1.165, 1.54) is 0 Å². The quantitative estimate of drug-likeness (QED) is 0.872. The Morgan fingerprint density at radius 2 is 1.95 bits per heavy atom. The summed E-state index contributed by atoms with van der Waals surface area (Å²) in [4.78, 5) is 23.0. The molecule has 2 amide bonds. The normalized spacial score (nSPS) is 10.4. The Bertz CT molecular complexity index is 473. The van der Waals surface area contributed by atoms with Crippen LogP contribution in [0.25, 0.3) is 0 Å². The summed E-state index contributed by atoms with van der Waals surface area (Å²) in [5.41, 5.74) is 1.57. The highest BCUT2D eigenvalue weighted by Gasteiger charge is 2.08. The third-order valence-corrected chi connectivity index (χ3v) is 2.90. The van der Waals surface area contributed by atoms with Gasteiger partial charge in [0, 0.05) is 17.1 Å². The molecule has 0 aliphatic carbocycles. The molecule has 1 aromatic carbocycles. The molecule has 0 radical (unpaired) electrons. The maximum atomic E-state index is 11.6. The van der Waals surface area contributed by atoms with Gasteiger partial charge in [0.1, 0.15) is 0 Å². The zero-order chi connectivity index (χ0) is 14.4. The van der Waals surface area contributed by atoms with E-state index in [9.17, 15) is 9.59 Å². The molecule has 0 heterocycles. The molecule has 104 valence electrons. The van der Waals surface area contributed by atoms with E-state index in [0.29, 0.717) is 17.1 Å². The molecule has 0 saturated carbocycles. The van der Waals surface area contributed by atoms with Crippen LogP contribution in [0.15, 0.2) is 18.2 Å². The summed E-state index contributed by atoms with van der Waals surface area (Å²) < 4.78 is 0. The first-order chi connectivity index (χ1) is 8.88. The van der Waals surface area contributed by atoms with E-state index >= 15 is 0 Å². The molecule has 2 N–H and O–H groups in total. The predicted molar refractivity (Wildman–Crippen MR) is 77.3 cm³/mol. The molecule has 0 fully saturated rings. The second-order valence-electron chi connectivity index (χ2n) is 4.89. The van der Waals surface area contributed by atoms with Crippen LogP contribution in [-0.2, 0) is 9.59 Å². The molecule has 0 saturated heterocycles. The Morgan fingerprint density at radius 1 is 1.26 bits per heavy atom. The number of rotatable bonds is 5. The average Bonchev–Trinajstić information content (AvgIpc) is 2.30. The summed E-state index contributed by atoms with van der Waals surface area (Å²) in [5, 5.41) is 5.86. The number of anilines is 1. The van der Waals surface area contributed by atoms with Crippen molar-refractivity contribution in [3.8, 4) is 0 Å². The number of carbonyl (C=O) groups is 2. The molecule has 5 heteroatoms. The number of halogens is 1. The fraction of sp³-hybridized carbons (Fsp3) is 0.429. The van der Waals surface area contributed by atoms with Gasteiger partial charge in [0.2, 0.25) is 11.8 Å². The summed E-state index contributed by atoms with van der Waals surface area (Å²) in [6, 6.07) is 5.29. The van der Waals surface area contributed by atoms with Gasteiger partial charge in [-0.15, -0.1) is 0 Å². The van der Waals surface area contributed by atoms with E-state index in [1.54, 1.807) is 12.1 Å². The van der Waals surface area contributed by atoms with Crippen molar-refractivity contribution in [1.29, 1.82) is 0 Å². The fourth-order valence-corrected chi connectivity index (χ4v) is 1.68. The van der Waals surface area contributed by atoms with Crippen molar-refractivity contribution < 1.29 is 9.59 Å². The highest BCUT2D eigenvalue weighted by atomic mass is 35.5. The summed E-state index contributed by atoms with van der Waals surface area (Å²) in [7, 11) is 0. The monoisotopic (exact) mass is 282 g/mol. The minimum atomic E-state index is -0.267. The highest BCUT2D eigenvalue weighted by molar-refractivity contribution is 6.31. The minimum Gasteiger partial charge on any atom is -0.347 e. The second-order valence-corrected chi connectivity index (χ2v) is 5.29. The first-order valence-electron chi connectivity index (χ1n) is 6.21. The van der Waals surface area contributed by atoms with Crippen LogP contribution in [0.4, 0.5) is 5.69 Å². The molecule has 0 aliphatic heterocycles. The first-order valence-corrected chi connectivity index (χ1v) is 6.59. The molecule has 0 spiro atoms. The van der Waals surface area contributed by atoms with Gasteiger partial charge in [0.15, 0.2) is 0 Å². The smallest absolute Gasteiger partial charge is 0.243 e. The molecule has 0 unspecified atom stereocenters. The Balaban J connectivity index is 2.43. The minimum absolute atomic E-state index is 0.0307. The lowest BCUT2D eigenvalue weighted by molar-refractivity contribution is -0.124. The molecule has 1 rings (SSSR count). The Labute approximate surface area is 118 Å². The lowest BCUT2D eigenvalue weighted by atomic mass is 10.1. The first kappa shape index (κ1) is 15.5. The van der Waals surface area contributed by atoms with E-state index in [1.807, 2.05) is 26.8 Å². The lowest BCUT2D eigenvalue weighted by Crippen LogP contribution is -2.33. The molecule has 0 bridgehead atoms. The number of amides is 2. The Kier molecular flexibility index (Phi) is 5.83. The van der Waals surface area contributed by atoms with Gasteiger partial charge in [-0.25, -0.2) is 0 Å². The zero-order valence-corrected chi connectivity index (χ0v) is 12.2. The van der Waals surface area contributed by atoms with Gasteiger partial charge in [0.25, 0.3) is 0 Å². The maximum absolute atomic E-state index is 11.6. The van der Waals surface area contributed by atoms with Gasteiger partial charge in [-0.1, -0.05) is 31.5 Å². The average molecular weight is 283 g/mol. The second kappa shape index (κ2) is 7.14. The van der Waals surface area contributed by atoms with Crippen LogP contribution in [0.5, 0.6) is 0 Å². The van der Waals surface area contributed by atoms with Crippen LogP contribution in [0.1, 0.15) is 25.8 Å². The van der Waals surface area contributed by atoms with Crippen LogP contribution in [0.3, 0.4) is 0 Å². The van der Waals surface area contributed by atoms with Crippen LogP contribution < -0.4 is 10.6 Å². The van der Waals surface area contributed by atoms with Crippen molar-refractivity contribution in [2.75, 3.05) is 11.9 Å². The molecule has 1 aromatic rings. The standard InChI is InChI=1S/C14H19ClN2O2/c1-9(2)6-13(18)16-8-14(19)17-11-5-4-10(3)12(15)7-11/h4-5,7,9H,6,8H2,1-3H3,(H,16,18)(H,17,19). The summed E-state index contributed by atoms with van der Waals surface area (Å²) in [5.74, 6) is -0.108. The lowest BCUT2D eigenvalue weighted by Gasteiger charge is -2.09. The summed E-state index contributed by atoms with van der Waals surface area (Å²) in [6.45, 7) is 5.76. The predicted octanol–water partition coefficient (Wildman–Crippen LogP) is 2.75. The van der Waals surface area contributed by atoms with Gasteiger partial charge < -0.3 is 10.6 Å².